The van der Waals surface area contributed by atoms with Crippen molar-refractivity contribution >= 4 is 0 Å². The van der Waals surface area contributed by atoms with Crippen LogP contribution in [-0.2, 0) is 0 Å². The Kier molecular flexibility index (Phi) is 35.5. The summed E-state index contributed by atoms with van der Waals surface area (Å²) in [6, 6.07) is 0. The summed E-state index contributed by atoms with van der Waals surface area (Å²) in [6.45, 7) is 57.0. The first-order valence-electron chi connectivity index (χ1n) is 27.7. The summed E-state index contributed by atoms with van der Waals surface area (Å²) in [7, 11) is 0. The lowest BCUT2D eigenvalue weighted by molar-refractivity contribution is 0.139. The van der Waals surface area contributed by atoms with Crippen LogP contribution in [0.15, 0.2) is 83.1 Å². The first-order valence-corrected chi connectivity index (χ1v) is 27.7. The predicted octanol–water partition coefficient (Wildman–Crippen LogP) is 21.9. The Hall–Kier alpha value is -1.82. The van der Waals surface area contributed by atoms with E-state index in [1.54, 1.807) is 27.9 Å². The molecular formula is C63H116. The van der Waals surface area contributed by atoms with Gasteiger partial charge in [0.15, 0.2) is 0 Å². The summed E-state index contributed by atoms with van der Waals surface area (Å²) >= 11 is 0. The molecule has 0 nitrogen and oxygen atoms in total. The van der Waals surface area contributed by atoms with Crippen molar-refractivity contribution in [1.29, 1.82) is 0 Å². The van der Waals surface area contributed by atoms with Crippen LogP contribution in [0.4, 0.5) is 0 Å². The molecule has 0 aromatic heterocycles. The van der Waals surface area contributed by atoms with E-state index in [9.17, 15) is 0 Å². The van der Waals surface area contributed by atoms with E-state index in [0.29, 0.717) is 17.3 Å². The van der Waals surface area contributed by atoms with Gasteiger partial charge in [0.1, 0.15) is 0 Å². The monoisotopic (exact) mass is 873 g/mol. The zero-order valence-corrected chi connectivity index (χ0v) is 46.9. The van der Waals surface area contributed by atoms with Crippen molar-refractivity contribution in [3.8, 4) is 0 Å². The third-order valence-corrected chi connectivity index (χ3v) is 14.0. The molecule has 368 valence electrons. The molecule has 0 heterocycles. The molecule has 0 spiro atoms. The molecular weight excluding hydrogens is 757 g/mol. The van der Waals surface area contributed by atoms with Crippen LogP contribution in [0.5, 0.6) is 0 Å². The maximum Gasteiger partial charge on any atom is -0.00969 e. The Labute approximate surface area is 400 Å². The Morgan fingerprint density at radius 2 is 1.21 bits per heavy atom. The normalized spacial score (nSPS) is 24.2. The lowest BCUT2D eigenvalue weighted by Gasteiger charge is -2.42. The van der Waals surface area contributed by atoms with Crippen molar-refractivity contribution in [2.75, 3.05) is 0 Å². The average Bonchev–Trinajstić information content (AvgIpc) is 4.24. The first-order chi connectivity index (χ1) is 29.9. The minimum atomic E-state index is 0.510. The summed E-state index contributed by atoms with van der Waals surface area (Å²) in [6.07, 6.45) is 33.7. The molecule has 7 aliphatic rings. The van der Waals surface area contributed by atoms with Crippen LogP contribution >= 0.6 is 0 Å². The smallest absolute Gasteiger partial charge is 0.00969 e. The van der Waals surface area contributed by atoms with Gasteiger partial charge in [-0.15, -0.1) is 6.58 Å². The number of hydrogen-bond donors (Lipinski definition) is 0. The standard InChI is InChI=1S/C24H38.C12H22.C11H16.C4H6.2C3H8.3C2H6/c1-16(2)14-22(20-8-7-13-24(5,6)15-20)18(4)23-17(3)9-12-21(23)19-10-11-19;1-9(2)10(3)11(4)12-7-5-6-8-12;1-8(2)10-5-6-11(7-10)9-3-4-9;1-4-2-3-4;2*1-3-2;3*1-2/h10,17,20-23H,1,4,7-9,11-15H2,2-3,5-6H3;9-10,12H,4-8H2,1-3H3;5-6,8-9H,3-4,7H2,1-2H3;2H,3H2,1H3;2*3H2,1-2H3;3*1-2H3/t17?,20?,21-,22?,23?;10-;;;;;;;/m00......./s1. The van der Waals surface area contributed by atoms with Gasteiger partial charge in [0.05, 0.1) is 0 Å². The quantitative estimate of drug-likeness (QED) is 0.182. The molecule has 0 N–H and O–H groups in total. The van der Waals surface area contributed by atoms with Crippen LogP contribution < -0.4 is 0 Å². The van der Waals surface area contributed by atoms with Crippen molar-refractivity contribution in [2.24, 2.45) is 64.6 Å². The molecule has 4 saturated carbocycles. The van der Waals surface area contributed by atoms with Crippen LogP contribution in [0, 0.1) is 64.6 Å². The molecule has 0 amide bonds. The van der Waals surface area contributed by atoms with Gasteiger partial charge in [-0.1, -0.05) is 233 Å². The maximum atomic E-state index is 4.76. The van der Waals surface area contributed by atoms with Gasteiger partial charge in [0.25, 0.3) is 0 Å². The summed E-state index contributed by atoms with van der Waals surface area (Å²) in [5.41, 5.74) is 11.6. The lowest BCUT2D eigenvalue weighted by Crippen LogP contribution is -2.31. The molecule has 0 saturated heterocycles. The van der Waals surface area contributed by atoms with Crippen LogP contribution in [0.2, 0.25) is 0 Å². The Morgan fingerprint density at radius 1 is 0.698 bits per heavy atom. The highest BCUT2D eigenvalue weighted by Crippen LogP contribution is 2.54. The Balaban J connectivity index is 0. The lowest BCUT2D eigenvalue weighted by atomic mass is 9.63. The fraction of sp³-hybridized carbons (Fsp3) is 0.778. The van der Waals surface area contributed by atoms with E-state index in [1.807, 2.05) is 41.5 Å². The third-order valence-electron chi connectivity index (χ3n) is 14.0. The summed E-state index contributed by atoms with van der Waals surface area (Å²) in [5.74, 6) is 7.89. The second-order valence-corrected chi connectivity index (χ2v) is 21.4. The van der Waals surface area contributed by atoms with Crippen molar-refractivity contribution in [3.05, 3.63) is 83.1 Å². The van der Waals surface area contributed by atoms with E-state index in [4.69, 9.17) is 6.58 Å². The Bertz CT molecular complexity index is 1320. The maximum absolute atomic E-state index is 4.76. The van der Waals surface area contributed by atoms with Crippen molar-refractivity contribution in [1.82, 2.24) is 0 Å². The van der Waals surface area contributed by atoms with E-state index in [-0.39, 0.29) is 0 Å². The molecule has 0 aromatic carbocycles. The van der Waals surface area contributed by atoms with E-state index in [2.05, 4.69) is 134 Å². The van der Waals surface area contributed by atoms with Gasteiger partial charge in [-0.05, 0) is 162 Å². The largest absolute Gasteiger partial charge is 0.100 e. The molecule has 4 fully saturated rings. The molecule has 0 aromatic rings. The fourth-order valence-electron chi connectivity index (χ4n) is 9.82. The first kappa shape index (κ1) is 63.3. The van der Waals surface area contributed by atoms with Crippen LogP contribution in [-0.4, -0.2) is 0 Å². The van der Waals surface area contributed by atoms with Gasteiger partial charge in [-0.25, -0.2) is 0 Å². The molecule has 63 heavy (non-hydrogen) atoms. The zero-order valence-electron chi connectivity index (χ0n) is 46.9. The fourth-order valence-corrected chi connectivity index (χ4v) is 9.82. The minimum Gasteiger partial charge on any atom is -0.100 e. The van der Waals surface area contributed by atoms with Gasteiger partial charge in [-0.3, -0.25) is 0 Å². The van der Waals surface area contributed by atoms with Gasteiger partial charge in [0, 0.05) is 0 Å². The van der Waals surface area contributed by atoms with Crippen LogP contribution in [0.1, 0.15) is 254 Å². The molecule has 0 heteroatoms. The SMILES string of the molecule is C=C(C)CC(C(=C)C1C(C)CC[C@H]1C1=CC1)C1CCCC(C)(C)C1.C=C(C1CCCC1)[C@@H](C)C(C)C.CC.CC.CC.CC(C)C1=CC=C(C2CC2)C1.CC1=CC1.CCC.CCC. The predicted molar refractivity (Wildman–Crippen MR) is 294 cm³/mol. The highest BCUT2D eigenvalue weighted by Gasteiger charge is 2.43. The van der Waals surface area contributed by atoms with Gasteiger partial charge >= 0.3 is 0 Å². The molecule has 0 radical (unpaired) electrons. The summed E-state index contributed by atoms with van der Waals surface area (Å²) in [5, 5.41) is 0. The molecule has 4 unspecified atom stereocenters. The number of rotatable bonds is 11. The average molecular weight is 874 g/mol. The number of hydrogen-bond acceptors (Lipinski definition) is 0. The van der Waals surface area contributed by atoms with E-state index < -0.39 is 0 Å². The topological polar surface area (TPSA) is 0 Å². The highest BCUT2D eigenvalue weighted by atomic mass is 14.5. The molecule has 7 rings (SSSR count). The van der Waals surface area contributed by atoms with Crippen molar-refractivity contribution in [2.45, 2.75) is 254 Å². The van der Waals surface area contributed by atoms with Crippen LogP contribution in [0.3, 0.4) is 0 Å². The summed E-state index contributed by atoms with van der Waals surface area (Å²) in [4.78, 5) is 0. The Morgan fingerprint density at radius 3 is 1.59 bits per heavy atom. The minimum absolute atomic E-state index is 0.510. The second-order valence-electron chi connectivity index (χ2n) is 21.4. The second kappa shape index (κ2) is 35.4. The zero-order chi connectivity index (χ0) is 48.9. The van der Waals surface area contributed by atoms with Crippen LogP contribution in [0.25, 0.3) is 0 Å². The van der Waals surface area contributed by atoms with E-state index in [0.717, 1.165) is 53.8 Å². The molecule has 7 aliphatic carbocycles. The highest BCUT2D eigenvalue weighted by molar-refractivity contribution is 5.34. The van der Waals surface area contributed by atoms with Gasteiger partial charge in [-0.2, -0.15) is 0 Å². The molecule has 0 aliphatic heterocycles. The van der Waals surface area contributed by atoms with Gasteiger partial charge in [0.2, 0.25) is 0 Å². The third kappa shape index (κ3) is 26.2. The molecule has 6 atom stereocenters. The van der Waals surface area contributed by atoms with Gasteiger partial charge < -0.3 is 0 Å². The molecule has 0 bridgehead atoms. The van der Waals surface area contributed by atoms with E-state index in [1.165, 1.54) is 120 Å². The van der Waals surface area contributed by atoms with Crippen molar-refractivity contribution in [3.63, 3.8) is 0 Å². The van der Waals surface area contributed by atoms with E-state index >= 15 is 0 Å². The van der Waals surface area contributed by atoms with Crippen molar-refractivity contribution < 1.29 is 0 Å². The summed E-state index contributed by atoms with van der Waals surface area (Å²) < 4.78 is 0. The number of allylic oxidation sites excluding steroid dienone is 11.